The van der Waals surface area contributed by atoms with Gasteiger partial charge in [0.25, 0.3) is 5.91 Å². The monoisotopic (exact) mass is 366 g/mol. The van der Waals surface area contributed by atoms with Gasteiger partial charge in [-0.2, -0.15) is 0 Å². The van der Waals surface area contributed by atoms with Gasteiger partial charge in [0.05, 0.1) is 6.61 Å². The second-order valence-corrected chi connectivity index (χ2v) is 6.75. The highest BCUT2D eigenvalue weighted by atomic mass is 35.5. The van der Waals surface area contributed by atoms with Crippen molar-refractivity contribution in [3.05, 3.63) is 42.0 Å². The van der Waals surface area contributed by atoms with Crippen molar-refractivity contribution in [1.29, 1.82) is 0 Å². The Morgan fingerprint density at radius 1 is 1.16 bits per heavy atom. The molecule has 0 aliphatic heterocycles. The molecule has 2 aromatic carbocycles. The van der Waals surface area contributed by atoms with Crippen LogP contribution in [0, 0.1) is 0 Å². The number of carbonyl (C=O) groups excluding carboxylic acids is 1. The Balaban J connectivity index is 0.00000312. The summed E-state index contributed by atoms with van der Waals surface area (Å²) in [4.78, 5) is 12.0. The summed E-state index contributed by atoms with van der Waals surface area (Å²) in [6.45, 7) is 6.93. The molecule has 1 amide bonds. The summed E-state index contributed by atoms with van der Waals surface area (Å²) in [5.74, 6) is 0.535. The SMILES string of the molecule is CC(C)(C)NC(=O)COc1ccc2ccccc2c1CNCCO.Cl. The molecule has 0 bridgehead atoms. The van der Waals surface area contributed by atoms with Crippen LogP contribution in [0.4, 0.5) is 0 Å². The normalized spacial score (nSPS) is 11.0. The molecule has 3 N–H and O–H groups in total. The fourth-order valence-corrected chi connectivity index (χ4v) is 2.52. The number of ether oxygens (including phenoxy) is 1. The van der Waals surface area contributed by atoms with Crippen molar-refractivity contribution in [3.63, 3.8) is 0 Å². The van der Waals surface area contributed by atoms with Gasteiger partial charge in [0, 0.05) is 24.2 Å². The first-order valence-electron chi connectivity index (χ1n) is 8.17. The Morgan fingerprint density at radius 3 is 2.56 bits per heavy atom. The molecule has 0 aliphatic rings. The highest BCUT2D eigenvalue weighted by Gasteiger charge is 2.15. The minimum absolute atomic E-state index is 0. The highest BCUT2D eigenvalue weighted by molar-refractivity contribution is 5.88. The van der Waals surface area contributed by atoms with Gasteiger partial charge in [-0.3, -0.25) is 4.79 Å². The maximum absolute atomic E-state index is 12.0. The van der Waals surface area contributed by atoms with E-state index >= 15 is 0 Å². The molecular formula is C19H27ClN2O3. The Hall–Kier alpha value is -1.82. The number of halogens is 1. The van der Waals surface area contributed by atoms with Gasteiger partial charge in [-0.05, 0) is 37.6 Å². The fourth-order valence-electron chi connectivity index (χ4n) is 2.52. The van der Waals surface area contributed by atoms with Crippen molar-refractivity contribution in [2.45, 2.75) is 32.9 Å². The van der Waals surface area contributed by atoms with E-state index in [0.717, 1.165) is 16.3 Å². The molecule has 0 aromatic heterocycles. The maximum Gasteiger partial charge on any atom is 0.258 e. The van der Waals surface area contributed by atoms with Crippen LogP contribution in [-0.4, -0.2) is 36.3 Å². The van der Waals surface area contributed by atoms with Crippen molar-refractivity contribution in [2.24, 2.45) is 0 Å². The number of hydrogen-bond acceptors (Lipinski definition) is 4. The van der Waals surface area contributed by atoms with E-state index in [2.05, 4.69) is 10.6 Å². The van der Waals surface area contributed by atoms with E-state index in [4.69, 9.17) is 9.84 Å². The number of nitrogens with one attached hydrogen (secondary N) is 2. The van der Waals surface area contributed by atoms with Crippen LogP contribution in [0.25, 0.3) is 10.8 Å². The Kier molecular flexibility index (Phi) is 8.16. The lowest BCUT2D eigenvalue weighted by Crippen LogP contribution is -2.43. The van der Waals surface area contributed by atoms with Gasteiger partial charge in [-0.15, -0.1) is 12.4 Å². The lowest BCUT2D eigenvalue weighted by molar-refractivity contribution is -0.124. The number of aliphatic hydroxyl groups excluding tert-OH is 1. The van der Waals surface area contributed by atoms with Gasteiger partial charge < -0.3 is 20.5 Å². The lowest BCUT2D eigenvalue weighted by Gasteiger charge is -2.21. The zero-order valence-corrected chi connectivity index (χ0v) is 15.8. The van der Waals surface area contributed by atoms with Gasteiger partial charge >= 0.3 is 0 Å². The summed E-state index contributed by atoms with van der Waals surface area (Å²) < 4.78 is 5.77. The number of hydrogen-bond donors (Lipinski definition) is 3. The zero-order chi connectivity index (χ0) is 17.6. The van der Waals surface area contributed by atoms with Crippen LogP contribution in [0.15, 0.2) is 36.4 Å². The molecule has 0 saturated carbocycles. The van der Waals surface area contributed by atoms with Crippen LogP contribution in [-0.2, 0) is 11.3 Å². The largest absolute Gasteiger partial charge is 0.483 e. The minimum atomic E-state index is -0.282. The number of fused-ring (bicyclic) bond motifs is 1. The summed E-state index contributed by atoms with van der Waals surface area (Å²) in [7, 11) is 0. The summed E-state index contributed by atoms with van der Waals surface area (Å²) in [5, 5.41) is 17.2. The molecule has 6 heteroatoms. The number of aliphatic hydroxyl groups is 1. The van der Waals surface area contributed by atoms with E-state index in [9.17, 15) is 4.79 Å². The van der Waals surface area contributed by atoms with Gasteiger partial charge in [0.15, 0.2) is 6.61 Å². The van der Waals surface area contributed by atoms with Gasteiger partial charge in [-0.25, -0.2) is 0 Å². The van der Waals surface area contributed by atoms with Crippen molar-refractivity contribution in [1.82, 2.24) is 10.6 Å². The first-order valence-corrected chi connectivity index (χ1v) is 8.17. The Bertz CT molecular complexity index is 699. The predicted molar refractivity (Wildman–Crippen MR) is 103 cm³/mol. The first-order chi connectivity index (χ1) is 11.4. The third-order valence-corrected chi connectivity index (χ3v) is 3.46. The number of benzene rings is 2. The van der Waals surface area contributed by atoms with Crippen LogP contribution in [0.1, 0.15) is 26.3 Å². The molecule has 25 heavy (non-hydrogen) atoms. The summed E-state index contributed by atoms with van der Waals surface area (Å²) >= 11 is 0. The van der Waals surface area contributed by atoms with E-state index in [1.165, 1.54) is 0 Å². The third kappa shape index (κ3) is 6.53. The number of carbonyl (C=O) groups is 1. The van der Waals surface area contributed by atoms with E-state index in [0.29, 0.717) is 18.8 Å². The van der Waals surface area contributed by atoms with Crippen LogP contribution < -0.4 is 15.4 Å². The number of amides is 1. The van der Waals surface area contributed by atoms with Crippen LogP contribution in [0.3, 0.4) is 0 Å². The fraction of sp³-hybridized carbons (Fsp3) is 0.421. The quantitative estimate of drug-likeness (QED) is 0.659. The van der Waals surface area contributed by atoms with E-state index in [-0.39, 0.29) is 37.1 Å². The summed E-state index contributed by atoms with van der Waals surface area (Å²) in [5.41, 5.74) is 0.708. The average Bonchev–Trinajstić information content (AvgIpc) is 2.52. The molecule has 2 rings (SSSR count). The molecule has 0 radical (unpaired) electrons. The van der Waals surface area contributed by atoms with Gasteiger partial charge in [0.1, 0.15) is 5.75 Å². The topological polar surface area (TPSA) is 70.6 Å². The molecule has 0 saturated heterocycles. The maximum atomic E-state index is 12.0. The van der Waals surface area contributed by atoms with E-state index in [1.807, 2.05) is 57.2 Å². The average molecular weight is 367 g/mol. The van der Waals surface area contributed by atoms with Crippen molar-refractivity contribution in [2.75, 3.05) is 19.8 Å². The summed E-state index contributed by atoms with van der Waals surface area (Å²) in [6, 6.07) is 11.9. The van der Waals surface area contributed by atoms with E-state index < -0.39 is 0 Å². The standard InChI is InChI=1S/C19H26N2O3.ClH/c1-19(2,3)21-18(23)13-24-17-9-8-14-6-4-5-7-15(14)16(17)12-20-10-11-22;/h4-9,20,22H,10-13H2,1-3H3,(H,21,23);1H. The molecule has 0 unspecified atom stereocenters. The number of rotatable bonds is 7. The molecular weight excluding hydrogens is 340 g/mol. The van der Waals surface area contributed by atoms with Gasteiger partial charge in [-0.1, -0.05) is 30.3 Å². The Labute approximate surface area is 155 Å². The van der Waals surface area contributed by atoms with E-state index in [1.54, 1.807) is 0 Å². The van der Waals surface area contributed by atoms with Crippen molar-refractivity contribution in [3.8, 4) is 5.75 Å². The molecule has 0 spiro atoms. The van der Waals surface area contributed by atoms with Crippen LogP contribution in [0.2, 0.25) is 0 Å². The highest BCUT2D eigenvalue weighted by Crippen LogP contribution is 2.28. The third-order valence-electron chi connectivity index (χ3n) is 3.46. The van der Waals surface area contributed by atoms with Crippen LogP contribution >= 0.6 is 12.4 Å². The molecule has 0 heterocycles. The zero-order valence-electron chi connectivity index (χ0n) is 15.0. The Morgan fingerprint density at radius 2 is 1.88 bits per heavy atom. The van der Waals surface area contributed by atoms with Crippen molar-refractivity contribution >= 4 is 29.1 Å². The molecule has 138 valence electrons. The van der Waals surface area contributed by atoms with Crippen LogP contribution in [0.5, 0.6) is 5.75 Å². The lowest BCUT2D eigenvalue weighted by atomic mass is 10.0. The molecule has 2 aromatic rings. The second-order valence-electron chi connectivity index (χ2n) is 6.75. The predicted octanol–water partition coefficient (Wildman–Crippen LogP) is 2.64. The summed E-state index contributed by atoms with van der Waals surface area (Å²) in [6.07, 6.45) is 0. The smallest absolute Gasteiger partial charge is 0.258 e. The first kappa shape index (κ1) is 21.2. The van der Waals surface area contributed by atoms with Gasteiger partial charge in [0.2, 0.25) is 0 Å². The molecule has 0 fully saturated rings. The minimum Gasteiger partial charge on any atom is -0.483 e. The molecule has 5 nitrogen and oxygen atoms in total. The van der Waals surface area contributed by atoms with Crippen molar-refractivity contribution < 1.29 is 14.6 Å². The molecule has 0 aliphatic carbocycles. The second kappa shape index (κ2) is 9.61. The molecule has 0 atom stereocenters.